The smallest absolute Gasteiger partial charge is 0.146 e. The van der Waals surface area contributed by atoms with Crippen molar-refractivity contribution in [3.8, 4) is 11.5 Å². The van der Waals surface area contributed by atoms with E-state index in [1.807, 2.05) is 6.92 Å². The average molecular weight is 262 g/mol. The Morgan fingerprint density at radius 3 is 2.68 bits per heavy atom. The number of methoxy groups -OCH3 is 1. The van der Waals surface area contributed by atoms with E-state index in [0.717, 1.165) is 12.1 Å². The van der Waals surface area contributed by atoms with E-state index in [9.17, 15) is 5.11 Å². The van der Waals surface area contributed by atoms with Crippen molar-refractivity contribution in [2.24, 2.45) is 16.1 Å². The van der Waals surface area contributed by atoms with Crippen LogP contribution in [0.4, 0.5) is 5.69 Å². The Morgan fingerprint density at radius 1 is 1.26 bits per heavy atom. The largest absolute Gasteiger partial charge is 0.505 e. The van der Waals surface area contributed by atoms with E-state index in [0.29, 0.717) is 17.4 Å². The third-order valence-electron chi connectivity index (χ3n) is 3.73. The van der Waals surface area contributed by atoms with Crippen LogP contribution in [-0.2, 0) is 0 Å². The number of hydrogen-bond donors (Lipinski definition) is 1. The molecule has 0 unspecified atom stereocenters. The summed E-state index contributed by atoms with van der Waals surface area (Å²) in [7, 11) is 1.61. The first-order valence-corrected chi connectivity index (χ1v) is 6.96. The van der Waals surface area contributed by atoms with Crippen LogP contribution in [0, 0.1) is 12.8 Å². The van der Waals surface area contributed by atoms with Gasteiger partial charge in [0.2, 0.25) is 0 Å². The summed E-state index contributed by atoms with van der Waals surface area (Å²) in [6, 6.07) is 3.50. The fourth-order valence-electron chi connectivity index (χ4n) is 2.52. The lowest BCUT2D eigenvalue weighted by atomic mass is 9.89. The standard InChI is InChI=1S/C15H22N2O2/c1-11-8-13(19-2)9-14(15(11)18)17-16-10-12-6-4-3-5-7-12/h8-9,12,18H,3-7,10H2,1-2H3. The zero-order chi connectivity index (χ0) is 13.7. The maximum atomic E-state index is 9.95. The number of aryl methyl sites for hydroxylation is 1. The van der Waals surface area contributed by atoms with Gasteiger partial charge in [-0.1, -0.05) is 19.3 Å². The molecular weight excluding hydrogens is 240 g/mol. The first kappa shape index (κ1) is 13.8. The van der Waals surface area contributed by atoms with Gasteiger partial charge in [0, 0.05) is 6.07 Å². The zero-order valence-corrected chi connectivity index (χ0v) is 11.7. The van der Waals surface area contributed by atoms with Gasteiger partial charge in [-0.05, 0) is 37.3 Å². The van der Waals surface area contributed by atoms with E-state index in [-0.39, 0.29) is 5.75 Å². The minimum atomic E-state index is 0.188. The summed E-state index contributed by atoms with van der Waals surface area (Å²) in [5.41, 5.74) is 1.25. The van der Waals surface area contributed by atoms with Crippen molar-refractivity contribution < 1.29 is 9.84 Å². The van der Waals surface area contributed by atoms with Crippen LogP contribution in [0.25, 0.3) is 0 Å². The van der Waals surface area contributed by atoms with Gasteiger partial charge in [-0.3, -0.25) is 0 Å². The van der Waals surface area contributed by atoms with Crippen LogP contribution in [0.3, 0.4) is 0 Å². The number of benzene rings is 1. The summed E-state index contributed by atoms with van der Waals surface area (Å²) in [4.78, 5) is 0. The van der Waals surface area contributed by atoms with E-state index in [2.05, 4.69) is 10.2 Å². The highest BCUT2D eigenvalue weighted by Gasteiger charge is 2.13. The molecule has 0 saturated heterocycles. The van der Waals surface area contributed by atoms with Crippen molar-refractivity contribution in [1.82, 2.24) is 0 Å². The van der Waals surface area contributed by atoms with Crippen LogP contribution in [0.5, 0.6) is 11.5 Å². The van der Waals surface area contributed by atoms with Gasteiger partial charge in [-0.2, -0.15) is 10.2 Å². The number of aromatic hydroxyl groups is 1. The molecule has 1 fully saturated rings. The monoisotopic (exact) mass is 262 g/mol. The average Bonchev–Trinajstić information content (AvgIpc) is 2.44. The number of ether oxygens (including phenoxy) is 1. The summed E-state index contributed by atoms with van der Waals surface area (Å²) < 4.78 is 5.17. The molecule has 4 heteroatoms. The predicted octanol–water partition coefficient (Wildman–Crippen LogP) is 4.37. The lowest BCUT2D eigenvalue weighted by molar-refractivity contribution is 0.363. The molecule has 0 bridgehead atoms. The van der Waals surface area contributed by atoms with Crippen LogP contribution >= 0.6 is 0 Å². The maximum Gasteiger partial charge on any atom is 0.146 e. The summed E-state index contributed by atoms with van der Waals surface area (Å²) in [5.74, 6) is 1.54. The molecule has 0 heterocycles. The Hall–Kier alpha value is -1.58. The minimum Gasteiger partial charge on any atom is -0.505 e. The first-order chi connectivity index (χ1) is 9.20. The Bertz CT molecular complexity index is 452. The number of azo groups is 1. The molecule has 1 aliphatic rings. The lowest BCUT2D eigenvalue weighted by Crippen LogP contribution is -2.08. The van der Waals surface area contributed by atoms with E-state index in [4.69, 9.17) is 4.74 Å². The van der Waals surface area contributed by atoms with Gasteiger partial charge >= 0.3 is 0 Å². The van der Waals surface area contributed by atoms with Crippen molar-refractivity contribution in [1.29, 1.82) is 0 Å². The number of nitrogens with zero attached hydrogens (tertiary/aromatic N) is 2. The molecule has 104 valence electrons. The highest BCUT2D eigenvalue weighted by atomic mass is 16.5. The zero-order valence-electron chi connectivity index (χ0n) is 11.7. The Morgan fingerprint density at radius 2 is 2.00 bits per heavy atom. The number of hydrogen-bond acceptors (Lipinski definition) is 4. The van der Waals surface area contributed by atoms with Gasteiger partial charge in [-0.25, -0.2) is 0 Å². The molecule has 1 N–H and O–H groups in total. The first-order valence-electron chi connectivity index (χ1n) is 6.96. The fourth-order valence-corrected chi connectivity index (χ4v) is 2.52. The Balaban J connectivity index is 2.03. The van der Waals surface area contributed by atoms with Crippen LogP contribution in [0.2, 0.25) is 0 Å². The van der Waals surface area contributed by atoms with E-state index < -0.39 is 0 Å². The summed E-state index contributed by atoms with van der Waals surface area (Å²) in [6.45, 7) is 2.59. The van der Waals surface area contributed by atoms with Gasteiger partial charge in [0.15, 0.2) is 0 Å². The van der Waals surface area contributed by atoms with E-state index in [1.54, 1.807) is 19.2 Å². The molecule has 1 aromatic carbocycles. The molecule has 0 aliphatic heterocycles. The van der Waals surface area contributed by atoms with Gasteiger partial charge in [0.25, 0.3) is 0 Å². The quantitative estimate of drug-likeness (QED) is 0.819. The highest BCUT2D eigenvalue weighted by Crippen LogP contribution is 2.34. The van der Waals surface area contributed by atoms with Crippen molar-refractivity contribution in [2.75, 3.05) is 13.7 Å². The second kappa shape index (κ2) is 6.55. The van der Waals surface area contributed by atoms with Gasteiger partial charge in [0.05, 0.1) is 13.7 Å². The molecule has 0 atom stereocenters. The van der Waals surface area contributed by atoms with Crippen LogP contribution in [-0.4, -0.2) is 18.8 Å². The Kier molecular flexibility index (Phi) is 4.77. The van der Waals surface area contributed by atoms with Crippen LogP contribution < -0.4 is 4.74 Å². The van der Waals surface area contributed by atoms with Crippen molar-refractivity contribution in [3.05, 3.63) is 17.7 Å². The molecule has 0 aromatic heterocycles. The Labute approximate surface area is 114 Å². The molecular formula is C15H22N2O2. The molecule has 0 amide bonds. The molecule has 1 aromatic rings. The molecule has 0 spiro atoms. The second-order valence-electron chi connectivity index (χ2n) is 5.24. The third kappa shape index (κ3) is 3.69. The third-order valence-corrected chi connectivity index (χ3v) is 3.73. The molecule has 0 radical (unpaired) electrons. The fraction of sp³-hybridized carbons (Fsp3) is 0.600. The van der Waals surface area contributed by atoms with Gasteiger partial charge in [0.1, 0.15) is 17.2 Å². The van der Waals surface area contributed by atoms with E-state index in [1.165, 1.54) is 32.1 Å². The summed E-state index contributed by atoms with van der Waals surface area (Å²) in [5, 5.41) is 18.4. The molecule has 19 heavy (non-hydrogen) atoms. The van der Waals surface area contributed by atoms with Crippen LogP contribution in [0.1, 0.15) is 37.7 Å². The number of phenols is 1. The van der Waals surface area contributed by atoms with Crippen molar-refractivity contribution >= 4 is 5.69 Å². The number of phenolic OH excluding ortho intramolecular Hbond substituents is 1. The maximum absolute atomic E-state index is 9.95. The molecule has 2 rings (SSSR count). The normalized spacial score (nSPS) is 16.9. The topological polar surface area (TPSA) is 54.2 Å². The van der Waals surface area contributed by atoms with Crippen LogP contribution in [0.15, 0.2) is 22.4 Å². The molecule has 1 aliphatic carbocycles. The van der Waals surface area contributed by atoms with E-state index >= 15 is 0 Å². The minimum absolute atomic E-state index is 0.188. The summed E-state index contributed by atoms with van der Waals surface area (Å²) in [6.07, 6.45) is 6.47. The highest BCUT2D eigenvalue weighted by molar-refractivity contribution is 5.58. The predicted molar refractivity (Wildman–Crippen MR) is 75.4 cm³/mol. The number of rotatable bonds is 4. The van der Waals surface area contributed by atoms with Gasteiger partial charge < -0.3 is 9.84 Å². The summed E-state index contributed by atoms with van der Waals surface area (Å²) >= 11 is 0. The molecule has 4 nitrogen and oxygen atoms in total. The van der Waals surface area contributed by atoms with Crippen molar-refractivity contribution in [3.63, 3.8) is 0 Å². The van der Waals surface area contributed by atoms with Gasteiger partial charge in [-0.15, -0.1) is 0 Å². The SMILES string of the molecule is COc1cc(C)c(O)c(N=NCC2CCCCC2)c1. The van der Waals surface area contributed by atoms with Crippen molar-refractivity contribution in [2.45, 2.75) is 39.0 Å². The lowest BCUT2D eigenvalue weighted by Gasteiger charge is -2.18. The molecule has 1 saturated carbocycles. The second-order valence-corrected chi connectivity index (χ2v) is 5.24.